The van der Waals surface area contributed by atoms with E-state index in [4.69, 9.17) is 18.9 Å². The maximum absolute atomic E-state index is 12.1. The molecule has 3 rings (SSSR count). The summed E-state index contributed by atoms with van der Waals surface area (Å²) in [6.45, 7) is 3.92. The number of methoxy groups -OCH3 is 2. The molecule has 0 aliphatic carbocycles. The van der Waals surface area contributed by atoms with Gasteiger partial charge in [-0.25, -0.2) is 9.59 Å². The van der Waals surface area contributed by atoms with Crippen LogP contribution in [0.1, 0.15) is 46.5 Å². The summed E-state index contributed by atoms with van der Waals surface area (Å²) in [7, 11) is 2.42. The van der Waals surface area contributed by atoms with E-state index >= 15 is 0 Å². The fourth-order valence-electron chi connectivity index (χ4n) is 2.90. The highest BCUT2D eigenvalue weighted by Crippen LogP contribution is 2.42. The number of ether oxygens (including phenoxy) is 5. The van der Waals surface area contributed by atoms with Crippen LogP contribution in [0.5, 0.6) is 0 Å². The number of rotatable bonds is 3. The van der Waals surface area contributed by atoms with Crippen molar-refractivity contribution in [2.24, 2.45) is 0 Å². The van der Waals surface area contributed by atoms with E-state index in [0.717, 1.165) is 0 Å². The smallest absolute Gasteiger partial charge is 0.359 e. The van der Waals surface area contributed by atoms with Crippen LogP contribution in [0, 0.1) is 0 Å². The summed E-state index contributed by atoms with van der Waals surface area (Å²) in [5.74, 6) is -2.20. The molecule has 2 aliphatic heterocycles. The van der Waals surface area contributed by atoms with Crippen LogP contribution in [0.3, 0.4) is 0 Å². The Kier molecular flexibility index (Phi) is 3.86. The van der Waals surface area contributed by atoms with Gasteiger partial charge in [-0.15, -0.1) is 0 Å². The summed E-state index contributed by atoms with van der Waals surface area (Å²) in [5, 5.41) is 6.55. The molecule has 2 fully saturated rings. The van der Waals surface area contributed by atoms with Crippen molar-refractivity contribution in [1.82, 2.24) is 10.2 Å². The number of nitrogens with zero attached hydrogens (tertiary/aromatic N) is 1. The highest BCUT2D eigenvalue weighted by molar-refractivity contribution is 6.02. The number of fused-ring (bicyclic) bond motifs is 1. The first-order chi connectivity index (χ1) is 10.9. The summed E-state index contributed by atoms with van der Waals surface area (Å²) >= 11 is 0. The Hall–Kier alpha value is -1.97. The summed E-state index contributed by atoms with van der Waals surface area (Å²) in [4.78, 5) is 23.9. The van der Waals surface area contributed by atoms with Crippen molar-refractivity contribution in [2.45, 2.75) is 37.9 Å². The van der Waals surface area contributed by atoms with Crippen LogP contribution in [0.15, 0.2) is 0 Å². The zero-order chi connectivity index (χ0) is 16.8. The Morgan fingerprint density at radius 1 is 1.22 bits per heavy atom. The quantitative estimate of drug-likeness (QED) is 0.803. The Morgan fingerprint density at radius 3 is 2.57 bits per heavy atom. The van der Waals surface area contributed by atoms with E-state index in [-0.39, 0.29) is 17.4 Å². The summed E-state index contributed by atoms with van der Waals surface area (Å²) in [5.41, 5.74) is 0.143. The van der Waals surface area contributed by atoms with Gasteiger partial charge in [-0.1, -0.05) is 0 Å². The number of aromatic amines is 1. The van der Waals surface area contributed by atoms with Crippen molar-refractivity contribution >= 4 is 11.9 Å². The number of carbonyl (C=O) groups is 2. The molecule has 0 radical (unpaired) electrons. The van der Waals surface area contributed by atoms with Crippen LogP contribution in [0.25, 0.3) is 0 Å². The van der Waals surface area contributed by atoms with E-state index < -0.39 is 29.9 Å². The number of carbonyl (C=O) groups excluding carboxylic acids is 2. The van der Waals surface area contributed by atoms with Gasteiger partial charge < -0.3 is 23.7 Å². The van der Waals surface area contributed by atoms with Gasteiger partial charge in [-0.2, -0.15) is 5.10 Å². The Morgan fingerprint density at radius 2 is 1.91 bits per heavy atom. The highest BCUT2D eigenvalue weighted by atomic mass is 16.8. The van der Waals surface area contributed by atoms with E-state index in [2.05, 4.69) is 14.9 Å². The molecule has 2 aliphatic rings. The van der Waals surface area contributed by atoms with Gasteiger partial charge in [0.25, 0.3) is 0 Å². The van der Waals surface area contributed by atoms with Gasteiger partial charge in [0.1, 0.15) is 23.9 Å². The van der Waals surface area contributed by atoms with Crippen LogP contribution in [-0.2, 0) is 23.7 Å². The lowest BCUT2D eigenvalue weighted by atomic mass is 10.0. The molecule has 23 heavy (non-hydrogen) atoms. The predicted octanol–water partition coefficient (Wildman–Crippen LogP) is 0.574. The topological polar surface area (TPSA) is 109 Å². The Bertz CT molecular complexity index is 639. The van der Waals surface area contributed by atoms with Crippen LogP contribution in [-0.4, -0.2) is 61.0 Å². The van der Waals surface area contributed by atoms with Crippen molar-refractivity contribution in [3.63, 3.8) is 0 Å². The third-order valence-corrected chi connectivity index (χ3v) is 3.81. The molecule has 9 nitrogen and oxygen atoms in total. The third-order valence-electron chi connectivity index (χ3n) is 3.81. The lowest BCUT2D eigenvalue weighted by molar-refractivity contribution is -0.176. The predicted molar refractivity (Wildman–Crippen MR) is 73.8 cm³/mol. The fraction of sp³-hybridized carbons (Fsp3) is 0.643. The van der Waals surface area contributed by atoms with Crippen LogP contribution in [0.2, 0.25) is 0 Å². The van der Waals surface area contributed by atoms with Crippen molar-refractivity contribution in [1.29, 1.82) is 0 Å². The van der Waals surface area contributed by atoms with Gasteiger partial charge in [0.15, 0.2) is 11.5 Å². The first-order valence-corrected chi connectivity index (χ1v) is 7.10. The van der Waals surface area contributed by atoms with Gasteiger partial charge >= 0.3 is 11.9 Å². The SMILES string of the molecule is COC(=O)c1n[nH]c([C@H]2OC[C@@H]3OC(C)(C)O[C@H]32)c1C(=O)OC. The molecular formula is C14H18N2O7. The molecule has 1 aromatic rings. The summed E-state index contributed by atoms with van der Waals surface area (Å²) < 4.78 is 26.6. The van der Waals surface area contributed by atoms with Crippen LogP contribution < -0.4 is 0 Å². The van der Waals surface area contributed by atoms with Gasteiger partial charge in [-0.05, 0) is 13.8 Å². The minimum atomic E-state index is -0.744. The Labute approximate surface area is 132 Å². The average Bonchev–Trinajstić information content (AvgIpc) is 3.16. The molecule has 0 unspecified atom stereocenters. The summed E-state index contributed by atoms with van der Waals surface area (Å²) in [6.07, 6.45) is -1.30. The number of esters is 2. The second-order valence-corrected chi connectivity index (χ2v) is 5.74. The van der Waals surface area contributed by atoms with Crippen molar-refractivity contribution in [3.8, 4) is 0 Å². The normalized spacial score (nSPS) is 28.4. The lowest BCUT2D eigenvalue weighted by Crippen LogP contribution is -2.26. The molecule has 3 atom stereocenters. The van der Waals surface area contributed by atoms with Gasteiger partial charge in [0.2, 0.25) is 0 Å². The molecule has 126 valence electrons. The number of H-pyrrole nitrogens is 1. The first-order valence-electron chi connectivity index (χ1n) is 7.10. The monoisotopic (exact) mass is 326 g/mol. The number of hydrogen-bond acceptors (Lipinski definition) is 8. The molecule has 0 amide bonds. The molecule has 3 heterocycles. The second-order valence-electron chi connectivity index (χ2n) is 5.74. The molecular weight excluding hydrogens is 308 g/mol. The van der Waals surface area contributed by atoms with E-state index in [1.54, 1.807) is 13.8 Å². The molecule has 0 spiro atoms. The first kappa shape index (κ1) is 15.9. The molecule has 1 N–H and O–H groups in total. The zero-order valence-electron chi connectivity index (χ0n) is 13.2. The fourth-order valence-corrected chi connectivity index (χ4v) is 2.90. The van der Waals surface area contributed by atoms with E-state index in [0.29, 0.717) is 12.3 Å². The average molecular weight is 326 g/mol. The standard InChI is InChI=1S/C14H18N2O7/c1-14(2)22-6-5-21-11(10(6)23-14)8-7(12(17)19-3)9(16-15-8)13(18)20-4/h6,10-11H,5H2,1-4H3,(H,15,16)/t6-,10+,11+/m0/s1. The summed E-state index contributed by atoms with van der Waals surface area (Å²) in [6, 6.07) is 0. The molecule has 0 bridgehead atoms. The van der Waals surface area contributed by atoms with Crippen LogP contribution >= 0.6 is 0 Å². The molecule has 2 saturated heterocycles. The minimum Gasteiger partial charge on any atom is -0.465 e. The van der Waals surface area contributed by atoms with E-state index in [1.807, 2.05) is 0 Å². The maximum atomic E-state index is 12.1. The van der Waals surface area contributed by atoms with Gasteiger partial charge in [0.05, 0.1) is 26.5 Å². The van der Waals surface area contributed by atoms with E-state index in [1.165, 1.54) is 14.2 Å². The minimum absolute atomic E-state index is 0.0155. The maximum Gasteiger partial charge on any atom is 0.359 e. The second kappa shape index (κ2) is 5.59. The molecule has 0 aromatic carbocycles. The number of aromatic nitrogens is 2. The Balaban J connectivity index is 1.98. The number of hydrogen-bond donors (Lipinski definition) is 1. The van der Waals surface area contributed by atoms with Crippen molar-refractivity contribution in [3.05, 3.63) is 17.0 Å². The lowest BCUT2D eigenvalue weighted by Gasteiger charge is -2.21. The van der Waals surface area contributed by atoms with Crippen LogP contribution in [0.4, 0.5) is 0 Å². The molecule has 1 aromatic heterocycles. The van der Waals surface area contributed by atoms with Crippen molar-refractivity contribution < 1.29 is 33.3 Å². The van der Waals surface area contributed by atoms with Crippen molar-refractivity contribution in [2.75, 3.05) is 20.8 Å². The number of nitrogens with one attached hydrogen (secondary N) is 1. The molecule has 0 saturated carbocycles. The molecule has 9 heteroatoms. The largest absolute Gasteiger partial charge is 0.465 e. The van der Waals surface area contributed by atoms with E-state index in [9.17, 15) is 9.59 Å². The zero-order valence-corrected chi connectivity index (χ0v) is 13.2. The third kappa shape index (κ3) is 2.60. The highest BCUT2D eigenvalue weighted by Gasteiger charge is 2.52. The van der Waals surface area contributed by atoms with Gasteiger partial charge in [-0.3, -0.25) is 5.10 Å². The van der Waals surface area contributed by atoms with Gasteiger partial charge in [0, 0.05) is 0 Å².